The highest BCUT2D eigenvalue weighted by atomic mass is 35.5. The lowest BCUT2D eigenvalue weighted by molar-refractivity contribution is 0.574. The molecule has 0 radical (unpaired) electrons. The van der Waals surface area contributed by atoms with Crippen LogP contribution in [0.25, 0.3) is 22.3 Å². The largest absolute Gasteiger partial charge is 0.355 e. The molecule has 24 heavy (non-hydrogen) atoms. The van der Waals surface area contributed by atoms with Crippen molar-refractivity contribution in [2.45, 2.75) is 26.2 Å². The number of aromatic nitrogens is 3. The number of H-pyrrole nitrogens is 1. The van der Waals surface area contributed by atoms with Crippen molar-refractivity contribution in [2.75, 3.05) is 18.0 Å². The van der Waals surface area contributed by atoms with Gasteiger partial charge in [-0.25, -0.2) is 14.4 Å². The summed E-state index contributed by atoms with van der Waals surface area (Å²) in [5.74, 6) is 1.45. The molecule has 1 aliphatic heterocycles. The number of piperidine rings is 1. The van der Waals surface area contributed by atoms with E-state index in [1.165, 1.54) is 25.3 Å². The second-order valence-corrected chi connectivity index (χ2v) is 6.07. The fourth-order valence-corrected chi connectivity index (χ4v) is 3.27. The number of nitrogens with one attached hydrogen (secondary N) is 1. The molecule has 0 aliphatic carbocycles. The highest BCUT2D eigenvalue weighted by Crippen LogP contribution is 2.31. The Morgan fingerprint density at radius 2 is 1.83 bits per heavy atom. The lowest BCUT2D eigenvalue weighted by atomic mass is 10.1. The van der Waals surface area contributed by atoms with E-state index in [2.05, 4.69) is 19.9 Å². The molecule has 3 aromatic rings. The van der Waals surface area contributed by atoms with E-state index in [1.807, 2.05) is 19.1 Å². The van der Waals surface area contributed by atoms with E-state index in [0.717, 1.165) is 41.5 Å². The van der Waals surface area contributed by atoms with E-state index in [9.17, 15) is 4.39 Å². The molecule has 1 saturated heterocycles. The molecule has 1 aliphatic rings. The quantitative estimate of drug-likeness (QED) is 0.743. The van der Waals surface area contributed by atoms with E-state index in [-0.39, 0.29) is 18.2 Å². The van der Waals surface area contributed by atoms with Crippen molar-refractivity contribution in [2.24, 2.45) is 0 Å². The van der Waals surface area contributed by atoms with Crippen molar-refractivity contribution >= 4 is 29.3 Å². The van der Waals surface area contributed by atoms with Crippen LogP contribution in [0.5, 0.6) is 0 Å². The maximum Gasteiger partial charge on any atom is 0.156 e. The van der Waals surface area contributed by atoms with Crippen molar-refractivity contribution in [3.8, 4) is 11.3 Å². The number of aromatic amines is 1. The third-order valence-electron chi connectivity index (χ3n) is 4.39. The van der Waals surface area contributed by atoms with Gasteiger partial charge in [-0.05, 0) is 44.4 Å². The Bertz CT molecular complexity index is 855. The molecular formula is C18H20ClFN4. The van der Waals surface area contributed by atoms with Crippen LogP contribution < -0.4 is 4.90 Å². The summed E-state index contributed by atoms with van der Waals surface area (Å²) in [5.41, 5.74) is 3.05. The number of nitrogens with zero attached hydrogens (tertiary/aromatic N) is 3. The number of fused-ring (bicyclic) bond motifs is 1. The minimum Gasteiger partial charge on any atom is -0.355 e. The minimum atomic E-state index is -0.233. The fourth-order valence-electron chi connectivity index (χ4n) is 3.27. The minimum absolute atomic E-state index is 0. The van der Waals surface area contributed by atoms with Crippen molar-refractivity contribution in [3.63, 3.8) is 0 Å². The molecule has 1 aromatic carbocycles. The van der Waals surface area contributed by atoms with Crippen LogP contribution in [0.15, 0.2) is 30.3 Å². The van der Waals surface area contributed by atoms with Gasteiger partial charge in [-0.2, -0.15) is 0 Å². The summed E-state index contributed by atoms with van der Waals surface area (Å²) in [5, 5.41) is 0. The van der Waals surface area contributed by atoms with Crippen LogP contribution in [0.1, 0.15) is 25.1 Å². The van der Waals surface area contributed by atoms with Crippen molar-refractivity contribution in [3.05, 3.63) is 42.0 Å². The molecule has 6 heteroatoms. The maximum absolute atomic E-state index is 14.1. The normalized spacial score (nSPS) is 14.7. The topological polar surface area (TPSA) is 44.8 Å². The average Bonchev–Trinajstić information content (AvgIpc) is 2.99. The number of aryl methyl sites for hydroxylation is 1. The van der Waals surface area contributed by atoms with Crippen LogP contribution in [0, 0.1) is 12.7 Å². The van der Waals surface area contributed by atoms with Crippen LogP contribution in [-0.2, 0) is 0 Å². The lowest BCUT2D eigenvalue weighted by Gasteiger charge is -2.28. The second kappa shape index (κ2) is 6.77. The standard InChI is InChI=1S/C18H19FN4.ClH/c1-12-20-16-11-15(13-7-3-4-8-14(13)19)22-17(16)18(21-12)23-9-5-2-6-10-23;/h3-4,7-8,11,22H,2,5-6,9-10H2,1H3;1H. The van der Waals surface area contributed by atoms with Gasteiger partial charge >= 0.3 is 0 Å². The number of hydrogen-bond donors (Lipinski definition) is 1. The molecule has 2 aromatic heterocycles. The van der Waals surface area contributed by atoms with Crippen molar-refractivity contribution in [1.29, 1.82) is 0 Å². The zero-order valence-corrected chi connectivity index (χ0v) is 14.4. The SMILES string of the molecule is Cc1nc(N2CCCCC2)c2[nH]c(-c3ccccc3F)cc2n1.Cl. The second-order valence-electron chi connectivity index (χ2n) is 6.07. The summed E-state index contributed by atoms with van der Waals surface area (Å²) >= 11 is 0. The van der Waals surface area contributed by atoms with E-state index >= 15 is 0 Å². The Morgan fingerprint density at radius 3 is 2.58 bits per heavy atom. The molecular weight excluding hydrogens is 327 g/mol. The van der Waals surface area contributed by atoms with Crippen LogP contribution >= 0.6 is 12.4 Å². The van der Waals surface area contributed by atoms with Gasteiger partial charge in [-0.15, -0.1) is 12.4 Å². The number of benzene rings is 1. The molecule has 1 fully saturated rings. The van der Waals surface area contributed by atoms with Crippen LogP contribution in [-0.4, -0.2) is 28.0 Å². The Kier molecular flexibility index (Phi) is 4.71. The first-order valence-electron chi connectivity index (χ1n) is 8.09. The monoisotopic (exact) mass is 346 g/mol. The van der Waals surface area contributed by atoms with Crippen molar-refractivity contribution in [1.82, 2.24) is 15.0 Å². The van der Waals surface area contributed by atoms with Gasteiger partial charge in [0, 0.05) is 18.7 Å². The molecule has 4 nitrogen and oxygen atoms in total. The summed E-state index contributed by atoms with van der Waals surface area (Å²) < 4.78 is 14.1. The summed E-state index contributed by atoms with van der Waals surface area (Å²) in [6.45, 7) is 3.93. The van der Waals surface area contributed by atoms with E-state index in [1.54, 1.807) is 12.1 Å². The first kappa shape index (κ1) is 16.7. The molecule has 0 atom stereocenters. The predicted molar refractivity (Wildman–Crippen MR) is 97.3 cm³/mol. The van der Waals surface area contributed by atoms with Gasteiger partial charge in [0.05, 0.1) is 11.2 Å². The first-order valence-corrected chi connectivity index (χ1v) is 8.09. The van der Waals surface area contributed by atoms with Gasteiger partial charge in [0.25, 0.3) is 0 Å². The Morgan fingerprint density at radius 1 is 1.08 bits per heavy atom. The maximum atomic E-state index is 14.1. The van der Waals surface area contributed by atoms with Crippen LogP contribution in [0.3, 0.4) is 0 Å². The van der Waals surface area contributed by atoms with E-state index < -0.39 is 0 Å². The molecule has 126 valence electrons. The highest BCUT2D eigenvalue weighted by molar-refractivity contribution is 5.91. The molecule has 1 N–H and O–H groups in total. The molecule has 0 spiro atoms. The molecule has 0 unspecified atom stereocenters. The van der Waals surface area contributed by atoms with E-state index in [4.69, 9.17) is 0 Å². The number of hydrogen-bond acceptors (Lipinski definition) is 3. The number of halogens is 2. The number of rotatable bonds is 2. The Labute approximate surface area is 146 Å². The smallest absolute Gasteiger partial charge is 0.156 e. The van der Waals surface area contributed by atoms with Gasteiger partial charge in [0.1, 0.15) is 17.2 Å². The fraction of sp³-hybridized carbons (Fsp3) is 0.333. The Balaban J connectivity index is 0.00000169. The molecule has 4 rings (SSSR count). The van der Waals surface area contributed by atoms with Gasteiger partial charge < -0.3 is 9.88 Å². The summed E-state index contributed by atoms with van der Waals surface area (Å²) in [4.78, 5) is 14.8. The Hall–Kier alpha value is -2.14. The molecule has 0 bridgehead atoms. The summed E-state index contributed by atoms with van der Waals surface area (Å²) in [6, 6.07) is 8.71. The van der Waals surface area contributed by atoms with E-state index in [0.29, 0.717) is 5.56 Å². The van der Waals surface area contributed by atoms with Crippen LogP contribution in [0.4, 0.5) is 10.2 Å². The number of anilines is 1. The zero-order valence-electron chi connectivity index (χ0n) is 13.6. The zero-order chi connectivity index (χ0) is 15.8. The third-order valence-corrected chi connectivity index (χ3v) is 4.39. The predicted octanol–water partition coefficient (Wildman–Crippen LogP) is 4.48. The molecule has 0 amide bonds. The highest BCUT2D eigenvalue weighted by Gasteiger charge is 2.19. The summed E-state index contributed by atoms with van der Waals surface area (Å²) in [6.07, 6.45) is 3.64. The van der Waals surface area contributed by atoms with Gasteiger partial charge in [0.2, 0.25) is 0 Å². The van der Waals surface area contributed by atoms with Gasteiger partial charge in [-0.1, -0.05) is 12.1 Å². The lowest BCUT2D eigenvalue weighted by Crippen LogP contribution is -2.30. The van der Waals surface area contributed by atoms with Gasteiger partial charge in [0.15, 0.2) is 5.82 Å². The third kappa shape index (κ3) is 2.96. The molecule has 0 saturated carbocycles. The summed E-state index contributed by atoms with van der Waals surface area (Å²) in [7, 11) is 0. The van der Waals surface area contributed by atoms with Crippen molar-refractivity contribution < 1.29 is 4.39 Å². The van der Waals surface area contributed by atoms with Gasteiger partial charge in [-0.3, -0.25) is 0 Å². The molecule has 3 heterocycles. The average molecular weight is 347 g/mol. The van der Waals surface area contributed by atoms with Crippen LogP contribution in [0.2, 0.25) is 0 Å². The first-order chi connectivity index (χ1) is 11.2.